The molecule has 0 fully saturated rings. The SMILES string of the molecule is Cc1cccc(C(NC(=O)CCN)c2nccn2C)c1. The molecule has 2 rings (SSSR count). The number of hydrogen-bond donors (Lipinski definition) is 2. The van der Waals surface area contributed by atoms with Crippen LogP contribution in [0.5, 0.6) is 0 Å². The maximum Gasteiger partial charge on any atom is 0.222 e. The predicted octanol–water partition coefficient (Wildman–Crippen LogP) is 1.28. The number of nitrogens with one attached hydrogen (secondary N) is 1. The average molecular weight is 272 g/mol. The van der Waals surface area contributed by atoms with Gasteiger partial charge in [0.05, 0.1) is 0 Å². The van der Waals surface area contributed by atoms with Gasteiger partial charge in [-0.05, 0) is 12.5 Å². The molecule has 5 heteroatoms. The summed E-state index contributed by atoms with van der Waals surface area (Å²) in [6.45, 7) is 2.37. The summed E-state index contributed by atoms with van der Waals surface area (Å²) in [5.41, 5.74) is 7.60. The topological polar surface area (TPSA) is 72.9 Å². The third-order valence-electron chi connectivity index (χ3n) is 3.17. The molecule has 0 radical (unpaired) electrons. The number of carbonyl (C=O) groups excluding carboxylic acids is 1. The molecule has 0 aliphatic rings. The van der Waals surface area contributed by atoms with Crippen molar-refractivity contribution in [1.82, 2.24) is 14.9 Å². The van der Waals surface area contributed by atoms with Gasteiger partial charge in [0.25, 0.3) is 0 Å². The molecule has 106 valence electrons. The molecule has 1 amide bonds. The largest absolute Gasteiger partial charge is 0.342 e. The molecule has 0 saturated carbocycles. The molecule has 0 saturated heterocycles. The number of imidazole rings is 1. The van der Waals surface area contributed by atoms with Crippen LogP contribution in [-0.4, -0.2) is 22.0 Å². The van der Waals surface area contributed by atoms with Crippen LogP contribution < -0.4 is 11.1 Å². The molecular formula is C15H20N4O. The minimum absolute atomic E-state index is 0.0676. The Morgan fingerprint density at radius 2 is 2.30 bits per heavy atom. The van der Waals surface area contributed by atoms with E-state index in [1.807, 2.05) is 42.9 Å². The monoisotopic (exact) mass is 272 g/mol. The summed E-state index contributed by atoms with van der Waals surface area (Å²) in [5, 5.41) is 3.00. The Kier molecular flexibility index (Phi) is 4.53. The van der Waals surface area contributed by atoms with Gasteiger partial charge in [-0.2, -0.15) is 0 Å². The Hall–Kier alpha value is -2.14. The number of carbonyl (C=O) groups is 1. The average Bonchev–Trinajstić information content (AvgIpc) is 2.82. The summed E-state index contributed by atoms with van der Waals surface area (Å²) in [4.78, 5) is 16.2. The van der Waals surface area contributed by atoms with E-state index in [4.69, 9.17) is 5.73 Å². The standard InChI is InChI=1S/C15H20N4O/c1-11-4-3-5-12(10-11)14(18-13(20)6-7-16)15-17-8-9-19(15)2/h3-5,8-10,14H,6-7,16H2,1-2H3,(H,18,20). The third kappa shape index (κ3) is 3.24. The van der Waals surface area contributed by atoms with Crippen molar-refractivity contribution < 1.29 is 4.79 Å². The first-order valence-corrected chi connectivity index (χ1v) is 6.65. The van der Waals surface area contributed by atoms with Gasteiger partial charge in [0.2, 0.25) is 5.91 Å². The molecule has 5 nitrogen and oxygen atoms in total. The minimum atomic E-state index is -0.256. The third-order valence-corrected chi connectivity index (χ3v) is 3.17. The molecule has 1 unspecified atom stereocenters. The quantitative estimate of drug-likeness (QED) is 0.861. The van der Waals surface area contributed by atoms with E-state index in [0.717, 1.165) is 17.0 Å². The van der Waals surface area contributed by atoms with Gasteiger partial charge in [0, 0.05) is 32.4 Å². The van der Waals surface area contributed by atoms with Crippen LogP contribution in [0, 0.1) is 6.92 Å². The van der Waals surface area contributed by atoms with E-state index in [1.165, 1.54) is 0 Å². The summed E-state index contributed by atoms with van der Waals surface area (Å²) in [7, 11) is 1.92. The van der Waals surface area contributed by atoms with Gasteiger partial charge in [-0.3, -0.25) is 4.79 Å². The van der Waals surface area contributed by atoms with Gasteiger partial charge in [0.15, 0.2) is 0 Å². The number of nitrogens with two attached hydrogens (primary N) is 1. The maximum absolute atomic E-state index is 11.9. The molecule has 0 aliphatic carbocycles. The molecule has 1 aromatic heterocycles. The first-order valence-electron chi connectivity index (χ1n) is 6.65. The number of nitrogens with zero attached hydrogens (tertiary/aromatic N) is 2. The van der Waals surface area contributed by atoms with E-state index >= 15 is 0 Å². The fraction of sp³-hybridized carbons (Fsp3) is 0.333. The first-order chi connectivity index (χ1) is 9.61. The van der Waals surface area contributed by atoms with Gasteiger partial charge in [-0.15, -0.1) is 0 Å². The van der Waals surface area contributed by atoms with Crippen LogP contribution in [0.2, 0.25) is 0 Å². The van der Waals surface area contributed by atoms with Crippen LogP contribution in [0.15, 0.2) is 36.7 Å². The molecular weight excluding hydrogens is 252 g/mol. The Morgan fingerprint density at radius 1 is 1.50 bits per heavy atom. The zero-order valence-electron chi connectivity index (χ0n) is 11.8. The Balaban J connectivity index is 2.34. The van der Waals surface area contributed by atoms with Gasteiger partial charge in [0.1, 0.15) is 11.9 Å². The molecule has 0 bridgehead atoms. The van der Waals surface area contributed by atoms with E-state index < -0.39 is 0 Å². The lowest BCUT2D eigenvalue weighted by Crippen LogP contribution is -2.32. The second-order valence-electron chi connectivity index (χ2n) is 4.85. The van der Waals surface area contributed by atoms with E-state index in [1.54, 1.807) is 6.20 Å². The highest BCUT2D eigenvalue weighted by atomic mass is 16.1. The molecule has 20 heavy (non-hydrogen) atoms. The maximum atomic E-state index is 11.9. The summed E-state index contributed by atoms with van der Waals surface area (Å²) in [6, 6.07) is 7.81. The van der Waals surface area contributed by atoms with Crippen molar-refractivity contribution in [3.8, 4) is 0 Å². The minimum Gasteiger partial charge on any atom is -0.342 e. The van der Waals surface area contributed by atoms with E-state index in [0.29, 0.717) is 13.0 Å². The summed E-state index contributed by atoms with van der Waals surface area (Å²) in [5.74, 6) is 0.739. The van der Waals surface area contributed by atoms with E-state index in [9.17, 15) is 4.79 Å². The number of hydrogen-bond acceptors (Lipinski definition) is 3. The van der Waals surface area contributed by atoms with E-state index in [2.05, 4.69) is 16.4 Å². The smallest absolute Gasteiger partial charge is 0.222 e. The van der Waals surface area contributed by atoms with Crippen LogP contribution in [0.1, 0.15) is 29.4 Å². The second-order valence-corrected chi connectivity index (χ2v) is 4.85. The van der Waals surface area contributed by atoms with Gasteiger partial charge in [-0.1, -0.05) is 29.8 Å². The fourth-order valence-corrected chi connectivity index (χ4v) is 2.17. The lowest BCUT2D eigenvalue weighted by atomic mass is 10.0. The van der Waals surface area contributed by atoms with Crippen LogP contribution in [0.25, 0.3) is 0 Å². The summed E-state index contributed by atoms with van der Waals surface area (Å²) >= 11 is 0. The lowest BCUT2D eigenvalue weighted by molar-refractivity contribution is -0.121. The molecule has 1 aromatic carbocycles. The number of rotatable bonds is 5. The zero-order valence-corrected chi connectivity index (χ0v) is 11.8. The van der Waals surface area contributed by atoms with Crippen molar-refractivity contribution in [3.05, 3.63) is 53.6 Å². The number of amides is 1. The Labute approximate surface area is 118 Å². The highest BCUT2D eigenvalue weighted by Gasteiger charge is 2.20. The Bertz CT molecular complexity index is 591. The molecule has 1 atom stereocenters. The van der Waals surface area contributed by atoms with Crippen molar-refractivity contribution in [1.29, 1.82) is 0 Å². The van der Waals surface area contributed by atoms with Crippen molar-refractivity contribution in [3.63, 3.8) is 0 Å². The van der Waals surface area contributed by atoms with Crippen LogP contribution in [-0.2, 0) is 11.8 Å². The highest BCUT2D eigenvalue weighted by molar-refractivity contribution is 5.77. The fourth-order valence-electron chi connectivity index (χ4n) is 2.17. The van der Waals surface area contributed by atoms with Crippen LogP contribution in [0.3, 0.4) is 0 Å². The van der Waals surface area contributed by atoms with Crippen LogP contribution in [0.4, 0.5) is 0 Å². The Morgan fingerprint density at radius 3 is 2.90 bits per heavy atom. The lowest BCUT2D eigenvalue weighted by Gasteiger charge is -2.19. The predicted molar refractivity (Wildman–Crippen MR) is 78.0 cm³/mol. The molecule has 0 spiro atoms. The molecule has 3 N–H and O–H groups in total. The van der Waals surface area contributed by atoms with Crippen molar-refractivity contribution in [2.45, 2.75) is 19.4 Å². The van der Waals surface area contributed by atoms with Crippen molar-refractivity contribution >= 4 is 5.91 Å². The number of aromatic nitrogens is 2. The van der Waals surface area contributed by atoms with Gasteiger partial charge < -0.3 is 15.6 Å². The van der Waals surface area contributed by atoms with Gasteiger partial charge >= 0.3 is 0 Å². The summed E-state index contributed by atoms with van der Waals surface area (Å²) < 4.78 is 1.91. The first kappa shape index (κ1) is 14.3. The van der Waals surface area contributed by atoms with E-state index in [-0.39, 0.29) is 11.9 Å². The van der Waals surface area contributed by atoms with Crippen molar-refractivity contribution in [2.24, 2.45) is 12.8 Å². The second kappa shape index (κ2) is 6.34. The van der Waals surface area contributed by atoms with Crippen molar-refractivity contribution in [2.75, 3.05) is 6.54 Å². The zero-order chi connectivity index (χ0) is 14.5. The molecule has 1 heterocycles. The van der Waals surface area contributed by atoms with Gasteiger partial charge in [-0.25, -0.2) is 4.98 Å². The molecule has 2 aromatic rings. The number of aryl methyl sites for hydroxylation is 2. The highest BCUT2D eigenvalue weighted by Crippen LogP contribution is 2.21. The van der Waals surface area contributed by atoms with Crippen LogP contribution >= 0.6 is 0 Å². The summed E-state index contributed by atoms with van der Waals surface area (Å²) in [6.07, 6.45) is 3.91. The number of benzene rings is 1. The molecule has 0 aliphatic heterocycles. The normalized spacial score (nSPS) is 12.2.